The van der Waals surface area contributed by atoms with Crippen LogP contribution in [0.4, 0.5) is 0 Å². The van der Waals surface area contributed by atoms with Crippen LogP contribution in [0.2, 0.25) is 0 Å². The van der Waals surface area contributed by atoms with E-state index >= 15 is 0 Å². The third kappa shape index (κ3) is 1.89. The van der Waals surface area contributed by atoms with Gasteiger partial charge in [0.05, 0.1) is 35.0 Å². The van der Waals surface area contributed by atoms with E-state index in [2.05, 4.69) is 4.98 Å². The number of rotatable bonds is 2. The number of nitrogens with zero attached hydrogens (tertiary/aromatic N) is 1. The van der Waals surface area contributed by atoms with Crippen molar-refractivity contribution in [1.29, 1.82) is 0 Å². The number of carbonyl (C=O) groups is 1. The zero-order valence-electron chi connectivity index (χ0n) is 10.0. The number of esters is 1. The Morgan fingerprint density at radius 1 is 1.56 bits per heavy atom. The third-order valence-corrected chi connectivity index (χ3v) is 4.03. The molecule has 4 nitrogen and oxygen atoms in total. The highest BCUT2D eigenvalue weighted by Crippen LogP contribution is 2.33. The van der Waals surface area contributed by atoms with Gasteiger partial charge in [-0.1, -0.05) is 0 Å². The highest BCUT2D eigenvalue weighted by molar-refractivity contribution is 7.16. The Labute approximate surface area is 109 Å². The molecule has 94 valence electrons. The molecule has 3 rings (SSSR count). The molecule has 1 aliphatic rings. The van der Waals surface area contributed by atoms with Crippen molar-refractivity contribution in [2.75, 3.05) is 20.3 Å². The summed E-state index contributed by atoms with van der Waals surface area (Å²) in [5.41, 5.74) is 4.50. The molecule has 0 N–H and O–H groups in total. The van der Waals surface area contributed by atoms with Crippen LogP contribution >= 0.6 is 11.3 Å². The largest absolute Gasteiger partial charge is 0.465 e. The maximum absolute atomic E-state index is 11.7. The minimum Gasteiger partial charge on any atom is -0.465 e. The van der Waals surface area contributed by atoms with Crippen molar-refractivity contribution in [3.05, 3.63) is 28.8 Å². The topological polar surface area (TPSA) is 48.4 Å². The molecule has 0 aliphatic carbocycles. The van der Waals surface area contributed by atoms with E-state index in [0.717, 1.165) is 28.8 Å². The van der Waals surface area contributed by atoms with E-state index in [1.54, 1.807) is 11.3 Å². The van der Waals surface area contributed by atoms with E-state index in [9.17, 15) is 4.79 Å². The zero-order valence-corrected chi connectivity index (χ0v) is 10.8. The molecule has 0 spiro atoms. The van der Waals surface area contributed by atoms with E-state index in [4.69, 9.17) is 9.47 Å². The number of hydrogen-bond acceptors (Lipinski definition) is 5. The van der Waals surface area contributed by atoms with Gasteiger partial charge in [-0.15, -0.1) is 11.3 Å². The summed E-state index contributed by atoms with van der Waals surface area (Å²) in [6.07, 6.45) is 0.983. The summed E-state index contributed by atoms with van der Waals surface area (Å²) in [6.45, 7) is 1.48. The van der Waals surface area contributed by atoms with Crippen LogP contribution in [0.1, 0.15) is 28.3 Å². The molecule has 5 heteroatoms. The number of fused-ring (bicyclic) bond motifs is 1. The molecule has 0 radical (unpaired) electrons. The van der Waals surface area contributed by atoms with Crippen molar-refractivity contribution in [2.24, 2.45) is 0 Å². The molecule has 1 fully saturated rings. The van der Waals surface area contributed by atoms with Crippen LogP contribution in [0, 0.1) is 0 Å². The lowest BCUT2D eigenvalue weighted by Gasteiger charge is -2.10. The predicted octanol–water partition coefficient (Wildman–Crippen LogP) is 2.59. The average Bonchev–Trinajstić information content (AvgIpc) is 3.06. The van der Waals surface area contributed by atoms with Gasteiger partial charge in [0.15, 0.2) is 0 Å². The number of thiazole rings is 1. The van der Waals surface area contributed by atoms with Crippen molar-refractivity contribution in [1.82, 2.24) is 4.98 Å². The molecule has 2 aromatic rings. The second-order valence-electron chi connectivity index (χ2n) is 4.32. The summed E-state index contributed by atoms with van der Waals surface area (Å²) < 4.78 is 11.2. The molecular formula is C13H13NO3S. The van der Waals surface area contributed by atoms with Gasteiger partial charge in [0.2, 0.25) is 0 Å². The number of hydrogen-bond donors (Lipinski definition) is 0. The fourth-order valence-corrected chi connectivity index (χ4v) is 3.07. The van der Waals surface area contributed by atoms with E-state index in [-0.39, 0.29) is 5.97 Å². The first-order valence-electron chi connectivity index (χ1n) is 5.83. The minimum absolute atomic E-state index is 0.300. The molecule has 0 saturated carbocycles. The van der Waals surface area contributed by atoms with Gasteiger partial charge < -0.3 is 9.47 Å². The van der Waals surface area contributed by atoms with Gasteiger partial charge in [-0.05, 0) is 24.1 Å². The van der Waals surface area contributed by atoms with Crippen molar-refractivity contribution in [3.63, 3.8) is 0 Å². The molecule has 1 aromatic carbocycles. The third-order valence-electron chi connectivity index (χ3n) is 3.26. The Morgan fingerprint density at radius 3 is 3.17 bits per heavy atom. The van der Waals surface area contributed by atoms with Gasteiger partial charge in [0.1, 0.15) is 0 Å². The highest BCUT2D eigenvalue weighted by atomic mass is 32.1. The first kappa shape index (κ1) is 11.6. The van der Waals surface area contributed by atoms with Crippen LogP contribution in [0.5, 0.6) is 0 Å². The molecule has 18 heavy (non-hydrogen) atoms. The Balaban J connectivity index is 2.14. The van der Waals surface area contributed by atoms with E-state index < -0.39 is 0 Å². The minimum atomic E-state index is -0.300. The maximum Gasteiger partial charge on any atom is 0.337 e. The Hall–Kier alpha value is -1.46. The Bertz CT molecular complexity index is 587. The Morgan fingerprint density at radius 2 is 2.44 bits per heavy atom. The lowest BCUT2D eigenvalue weighted by molar-refractivity contribution is 0.0601. The number of ether oxygens (including phenoxy) is 2. The standard InChI is InChI=1S/C13H13NO3S/c1-16-13(15)9-4-10(8-2-3-17-6-8)12-11(5-9)18-7-14-12/h4-5,7-8H,2-3,6H2,1H3/t8-/m0/s1. The summed E-state index contributed by atoms with van der Waals surface area (Å²) in [5, 5.41) is 0. The van der Waals surface area contributed by atoms with Crippen LogP contribution in [0.25, 0.3) is 10.2 Å². The van der Waals surface area contributed by atoms with Crippen LogP contribution in [-0.2, 0) is 9.47 Å². The van der Waals surface area contributed by atoms with Crippen LogP contribution in [0.3, 0.4) is 0 Å². The Kier molecular flexibility index (Phi) is 3.01. The summed E-state index contributed by atoms with van der Waals surface area (Å²) in [7, 11) is 1.40. The average molecular weight is 263 g/mol. The summed E-state index contributed by atoms with van der Waals surface area (Å²) in [4.78, 5) is 16.1. The molecule has 1 aliphatic heterocycles. The fraction of sp³-hybridized carbons (Fsp3) is 0.385. The quantitative estimate of drug-likeness (QED) is 0.781. The maximum atomic E-state index is 11.7. The normalized spacial score (nSPS) is 19.3. The lowest BCUT2D eigenvalue weighted by atomic mass is 9.95. The van der Waals surface area contributed by atoms with Gasteiger partial charge in [0, 0.05) is 12.5 Å². The monoisotopic (exact) mass is 263 g/mol. The first-order valence-corrected chi connectivity index (χ1v) is 6.71. The molecule has 0 amide bonds. The van der Waals surface area contributed by atoms with E-state index in [1.807, 2.05) is 17.6 Å². The van der Waals surface area contributed by atoms with Gasteiger partial charge in [-0.25, -0.2) is 9.78 Å². The molecule has 1 atom stereocenters. The molecule has 0 bridgehead atoms. The van der Waals surface area contributed by atoms with Gasteiger partial charge in [-0.3, -0.25) is 0 Å². The summed E-state index contributed by atoms with van der Waals surface area (Å²) in [6, 6.07) is 3.74. The lowest BCUT2D eigenvalue weighted by Crippen LogP contribution is -2.05. The van der Waals surface area contributed by atoms with Gasteiger partial charge in [-0.2, -0.15) is 0 Å². The SMILES string of the molecule is COC(=O)c1cc([C@H]2CCOC2)c2ncsc2c1. The van der Waals surface area contributed by atoms with Crippen LogP contribution in [0.15, 0.2) is 17.6 Å². The number of aromatic nitrogens is 1. The fourth-order valence-electron chi connectivity index (χ4n) is 2.32. The van der Waals surface area contributed by atoms with Crippen molar-refractivity contribution >= 4 is 27.5 Å². The van der Waals surface area contributed by atoms with Crippen molar-refractivity contribution in [3.8, 4) is 0 Å². The van der Waals surface area contributed by atoms with E-state index in [1.165, 1.54) is 7.11 Å². The summed E-state index contributed by atoms with van der Waals surface area (Å²) in [5.74, 6) is 0.0321. The van der Waals surface area contributed by atoms with Crippen molar-refractivity contribution < 1.29 is 14.3 Å². The zero-order chi connectivity index (χ0) is 12.5. The first-order chi connectivity index (χ1) is 8.79. The van der Waals surface area contributed by atoms with E-state index in [0.29, 0.717) is 18.1 Å². The molecule has 1 saturated heterocycles. The number of methoxy groups -OCH3 is 1. The molecule has 1 aromatic heterocycles. The number of benzene rings is 1. The van der Waals surface area contributed by atoms with Gasteiger partial charge >= 0.3 is 5.97 Å². The molecule has 2 heterocycles. The van der Waals surface area contributed by atoms with Gasteiger partial charge in [0.25, 0.3) is 0 Å². The smallest absolute Gasteiger partial charge is 0.337 e. The highest BCUT2D eigenvalue weighted by Gasteiger charge is 2.23. The van der Waals surface area contributed by atoms with Crippen molar-refractivity contribution in [2.45, 2.75) is 12.3 Å². The second kappa shape index (κ2) is 4.66. The predicted molar refractivity (Wildman–Crippen MR) is 69.1 cm³/mol. The number of carbonyl (C=O) groups excluding carboxylic acids is 1. The molecule has 0 unspecified atom stereocenters. The second-order valence-corrected chi connectivity index (χ2v) is 5.20. The molecular weight excluding hydrogens is 250 g/mol. The summed E-state index contributed by atoms with van der Waals surface area (Å²) >= 11 is 1.54. The van der Waals surface area contributed by atoms with Crippen LogP contribution < -0.4 is 0 Å². The van der Waals surface area contributed by atoms with Crippen LogP contribution in [-0.4, -0.2) is 31.3 Å².